The lowest BCUT2D eigenvalue weighted by Crippen LogP contribution is -2.36. The Labute approximate surface area is 191 Å². The first kappa shape index (κ1) is 23.6. The molecule has 2 aromatic carbocycles. The number of hydrogen-bond acceptors (Lipinski definition) is 4. The van der Waals surface area contributed by atoms with E-state index in [1.54, 1.807) is 13.0 Å². The van der Waals surface area contributed by atoms with E-state index < -0.39 is 23.6 Å². The van der Waals surface area contributed by atoms with Crippen LogP contribution >= 0.6 is 0 Å². The first-order valence-electron chi connectivity index (χ1n) is 10.5. The van der Waals surface area contributed by atoms with Crippen molar-refractivity contribution in [2.24, 2.45) is 7.05 Å². The minimum absolute atomic E-state index is 0.266. The van der Waals surface area contributed by atoms with Crippen molar-refractivity contribution in [3.8, 4) is 5.75 Å². The predicted octanol–water partition coefficient (Wildman–Crippen LogP) is 3.64. The van der Waals surface area contributed by atoms with Crippen molar-refractivity contribution in [2.75, 3.05) is 5.32 Å². The Balaban J connectivity index is 1.83. The van der Waals surface area contributed by atoms with E-state index in [2.05, 4.69) is 16.7 Å². The number of nitrogens with one attached hydrogen (secondary N) is 2. The molecule has 0 aliphatic carbocycles. The summed E-state index contributed by atoms with van der Waals surface area (Å²) >= 11 is 0. The number of urea groups is 1. The third kappa shape index (κ3) is 6.00. The number of carbonyl (C=O) groups is 2. The van der Waals surface area contributed by atoms with Crippen molar-refractivity contribution >= 4 is 17.7 Å². The molecule has 0 bridgehead atoms. The van der Waals surface area contributed by atoms with Crippen LogP contribution in [0.1, 0.15) is 40.3 Å². The summed E-state index contributed by atoms with van der Waals surface area (Å²) in [6, 6.07) is 13.9. The zero-order valence-electron chi connectivity index (χ0n) is 18.8. The van der Waals surface area contributed by atoms with E-state index in [1.807, 2.05) is 43.3 Å². The van der Waals surface area contributed by atoms with E-state index in [0.717, 1.165) is 16.7 Å². The van der Waals surface area contributed by atoms with Crippen molar-refractivity contribution < 1.29 is 19.8 Å². The fourth-order valence-electron chi connectivity index (χ4n) is 3.71. The molecule has 8 heteroatoms. The van der Waals surface area contributed by atoms with Crippen LogP contribution < -0.4 is 16.2 Å². The highest BCUT2D eigenvalue weighted by Crippen LogP contribution is 2.24. The second-order valence-electron chi connectivity index (χ2n) is 8.11. The number of benzene rings is 2. The van der Waals surface area contributed by atoms with Gasteiger partial charge < -0.3 is 25.4 Å². The molecule has 172 valence electrons. The number of anilines is 1. The van der Waals surface area contributed by atoms with E-state index in [1.165, 1.54) is 17.8 Å². The molecule has 1 heterocycles. The van der Waals surface area contributed by atoms with Gasteiger partial charge in [-0.05, 0) is 37.0 Å². The zero-order valence-corrected chi connectivity index (χ0v) is 18.8. The second kappa shape index (κ2) is 10.0. The van der Waals surface area contributed by atoms with Gasteiger partial charge in [0.1, 0.15) is 5.75 Å². The summed E-state index contributed by atoms with van der Waals surface area (Å²) in [5, 5.41) is 24.6. The molecule has 0 saturated carbocycles. The third-order valence-corrected chi connectivity index (χ3v) is 5.30. The molecule has 0 aliphatic rings. The number of aliphatic carboxylic acids is 1. The summed E-state index contributed by atoms with van der Waals surface area (Å²) in [5.74, 6) is -1.41. The van der Waals surface area contributed by atoms with E-state index in [0.29, 0.717) is 17.5 Å². The highest BCUT2D eigenvalue weighted by molar-refractivity contribution is 5.91. The average molecular weight is 450 g/mol. The highest BCUT2D eigenvalue weighted by atomic mass is 16.4. The number of carboxylic acids is 1. The van der Waals surface area contributed by atoms with Gasteiger partial charge in [-0.25, -0.2) is 4.79 Å². The maximum Gasteiger partial charge on any atom is 0.319 e. The number of carboxylic acid groups (broad SMARTS) is 1. The van der Waals surface area contributed by atoms with Crippen LogP contribution in [0.4, 0.5) is 10.5 Å². The fourth-order valence-corrected chi connectivity index (χ4v) is 3.71. The summed E-state index contributed by atoms with van der Waals surface area (Å²) in [6.07, 6.45) is 1.77. The van der Waals surface area contributed by atoms with Gasteiger partial charge in [0.2, 0.25) is 0 Å². The van der Waals surface area contributed by atoms with E-state index in [4.69, 9.17) is 0 Å². The van der Waals surface area contributed by atoms with Crippen molar-refractivity contribution in [3.63, 3.8) is 0 Å². The van der Waals surface area contributed by atoms with Crippen LogP contribution in [0, 0.1) is 13.8 Å². The number of pyridine rings is 1. The van der Waals surface area contributed by atoms with Gasteiger partial charge in [0.15, 0.2) is 5.69 Å². The number of aryl methyl sites for hydroxylation is 3. The Morgan fingerprint density at radius 2 is 1.73 bits per heavy atom. The first-order valence-corrected chi connectivity index (χ1v) is 10.5. The Bertz CT molecular complexity index is 1250. The molecule has 0 aliphatic heterocycles. The standard InChI is InChI=1S/C25H27N3O5/c1-15-6-4-7-17(10-15)11-18-8-5-9-19(12-18)20(13-21(29)30)26-25(33)27-22-23(31)16(2)14-28(3)24(22)32/h4-10,12,14,20,31H,11,13H2,1-3H3,(H,29,30)(H2,26,27,33)/t20-/m0/s1. The molecule has 0 spiro atoms. The summed E-state index contributed by atoms with van der Waals surface area (Å²) in [5.41, 5.74) is 3.44. The molecule has 1 aromatic heterocycles. The van der Waals surface area contributed by atoms with Crippen LogP contribution in [0.3, 0.4) is 0 Å². The largest absolute Gasteiger partial charge is 0.505 e. The highest BCUT2D eigenvalue weighted by Gasteiger charge is 2.21. The van der Waals surface area contributed by atoms with Crippen LogP contribution in [0.5, 0.6) is 5.75 Å². The van der Waals surface area contributed by atoms with Crippen molar-refractivity contribution in [2.45, 2.75) is 32.7 Å². The zero-order chi connectivity index (χ0) is 24.1. The van der Waals surface area contributed by atoms with Crippen LogP contribution in [0.15, 0.2) is 59.5 Å². The smallest absolute Gasteiger partial charge is 0.319 e. The van der Waals surface area contributed by atoms with Crippen LogP contribution in [-0.4, -0.2) is 26.8 Å². The number of rotatable bonds is 7. The molecule has 1 atom stereocenters. The molecule has 0 unspecified atom stereocenters. The number of nitrogens with zero attached hydrogens (tertiary/aromatic N) is 1. The van der Waals surface area contributed by atoms with Gasteiger partial charge in [0.05, 0.1) is 12.5 Å². The number of aromatic hydroxyl groups is 1. The molecule has 2 amide bonds. The topological polar surface area (TPSA) is 121 Å². The van der Waals surface area contributed by atoms with Crippen molar-refractivity contribution in [1.82, 2.24) is 9.88 Å². The molecule has 33 heavy (non-hydrogen) atoms. The van der Waals surface area contributed by atoms with Gasteiger partial charge in [-0.2, -0.15) is 0 Å². The minimum Gasteiger partial charge on any atom is -0.505 e. The maximum absolute atomic E-state index is 12.6. The van der Waals surface area contributed by atoms with Crippen molar-refractivity contribution in [3.05, 3.63) is 92.9 Å². The summed E-state index contributed by atoms with van der Waals surface area (Å²) in [4.78, 5) is 36.4. The molecule has 3 aromatic rings. The third-order valence-electron chi connectivity index (χ3n) is 5.30. The Kier molecular flexibility index (Phi) is 7.17. The predicted molar refractivity (Wildman–Crippen MR) is 126 cm³/mol. The molecular formula is C25H27N3O5. The Hall–Kier alpha value is -4.07. The first-order chi connectivity index (χ1) is 15.6. The van der Waals surface area contributed by atoms with Gasteiger partial charge in [0.25, 0.3) is 5.56 Å². The lowest BCUT2D eigenvalue weighted by molar-refractivity contribution is -0.137. The molecular weight excluding hydrogens is 422 g/mol. The normalized spacial score (nSPS) is 11.6. The quantitative estimate of drug-likeness (QED) is 0.439. The lowest BCUT2D eigenvalue weighted by Gasteiger charge is -2.19. The molecule has 4 N–H and O–H groups in total. The molecule has 8 nitrogen and oxygen atoms in total. The average Bonchev–Trinajstić information content (AvgIpc) is 2.75. The van der Waals surface area contributed by atoms with E-state index in [-0.39, 0.29) is 17.9 Å². The number of amides is 2. The summed E-state index contributed by atoms with van der Waals surface area (Å²) in [6.45, 7) is 3.62. The van der Waals surface area contributed by atoms with Crippen LogP contribution in [0.2, 0.25) is 0 Å². The van der Waals surface area contributed by atoms with Crippen LogP contribution in [0.25, 0.3) is 0 Å². The molecule has 0 fully saturated rings. The van der Waals surface area contributed by atoms with Gasteiger partial charge in [-0.1, -0.05) is 54.1 Å². The SMILES string of the molecule is Cc1cccc(Cc2cccc([C@H](CC(=O)O)NC(=O)Nc3c(O)c(C)cn(C)c3=O)c2)c1. The van der Waals surface area contributed by atoms with Gasteiger partial charge in [0, 0.05) is 18.8 Å². The van der Waals surface area contributed by atoms with E-state index >= 15 is 0 Å². The van der Waals surface area contributed by atoms with E-state index in [9.17, 15) is 24.6 Å². The van der Waals surface area contributed by atoms with Crippen LogP contribution in [-0.2, 0) is 18.3 Å². The number of hydrogen-bond donors (Lipinski definition) is 4. The molecule has 3 rings (SSSR count). The Morgan fingerprint density at radius 1 is 1.06 bits per heavy atom. The second-order valence-corrected chi connectivity index (χ2v) is 8.11. The molecule has 0 radical (unpaired) electrons. The van der Waals surface area contributed by atoms with Gasteiger partial charge in [-0.3, -0.25) is 9.59 Å². The minimum atomic E-state index is -1.08. The number of aromatic nitrogens is 1. The monoisotopic (exact) mass is 449 g/mol. The van der Waals surface area contributed by atoms with Gasteiger partial charge in [-0.15, -0.1) is 0 Å². The summed E-state index contributed by atoms with van der Waals surface area (Å²) < 4.78 is 1.24. The van der Waals surface area contributed by atoms with Gasteiger partial charge >= 0.3 is 12.0 Å². The number of carbonyl (C=O) groups excluding carboxylic acids is 1. The lowest BCUT2D eigenvalue weighted by atomic mass is 9.97. The van der Waals surface area contributed by atoms with Crippen molar-refractivity contribution in [1.29, 1.82) is 0 Å². The fraction of sp³-hybridized carbons (Fsp3) is 0.240. The Morgan fingerprint density at radius 3 is 2.39 bits per heavy atom. The summed E-state index contributed by atoms with van der Waals surface area (Å²) in [7, 11) is 1.50. The maximum atomic E-state index is 12.6. The molecule has 0 saturated heterocycles.